The number of hydrogen-bond acceptors (Lipinski definition) is 11. The summed E-state index contributed by atoms with van der Waals surface area (Å²) in [7, 11) is 1.35. The van der Waals surface area contributed by atoms with Crippen LogP contribution in [0.15, 0.2) is 52.3 Å². The molecular weight excluding hydrogens is 686 g/mol. The van der Waals surface area contributed by atoms with E-state index in [0.29, 0.717) is 5.56 Å². The van der Waals surface area contributed by atoms with Gasteiger partial charge in [-0.1, -0.05) is 18.2 Å². The number of H-pyrrole nitrogens is 2. The summed E-state index contributed by atoms with van der Waals surface area (Å²) in [5.74, 6) is -3.79. The highest BCUT2D eigenvalue weighted by Gasteiger charge is 2.38. The monoisotopic (exact) mass is 729 g/mol. The first-order valence-corrected chi connectivity index (χ1v) is 16.3. The Bertz CT molecular complexity index is 1890. The number of nitrogens with zero attached hydrogens (tertiary/aromatic N) is 2. The van der Waals surface area contributed by atoms with Crippen molar-refractivity contribution in [2.24, 2.45) is 5.73 Å². The second kappa shape index (κ2) is 17.1. The quantitative estimate of drug-likeness (QED) is 0.0741. The van der Waals surface area contributed by atoms with E-state index in [1.807, 2.05) is 0 Å². The molecule has 11 N–H and O–H groups in total. The van der Waals surface area contributed by atoms with Crippen LogP contribution in [0.3, 0.4) is 0 Å². The third-order valence-corrected chi connectivity index (χ3v) is 8.79. The molecule has 5 amide bonds. The van der Waals surface area contributed by atoms with Crippen LogP contribution in [0, 0.1) is 0 Å². The van der Waals surface area contributed by atoms with Crippen LogP contribution in [-0.2, 0) is 30.3 Å². The number of likely N-dealkylation sites (N-methyl/N-ethyl adjacent to an activating group) is 1. The van der Waals surface area contributed by atoms with Gasteiger partial charge < -0.3 is 56.9 Å². The lowest BCUT2D eigenvalue weighted by molar-refractivity contribution is -0.139. The van der Waals surface area contributed by atoms with Crippen molar-refractivity contribution in [3.05, 3.63) is 69.1 Å². The number of carbonyl (C=O) groups excluding carboxylic acids is 4. The molecule has 3 heterocycles. The average Bonchev–Trinajstić information content (AvgIpc) is 3.69. The molecule has 20 nitrogen and oxygen atoms in total. The van der Waals surface area contributed by atoms with Gasteiger partial charge in [-0.15, -0.1) is 0 Å². The number of ether oxygens (including phenoxy) is 1. The van der Waals surface area contributed by atoms with Gasteiger partial charge in [-0.3, -0.25) is 28.7 Å². The minimum atomic E-state index is -1.69. The molecule has 1 saturated heterocycles. The molecule has 4 rings (SSSR count). The Labute approximate surface area is 295 Å². The summed E-state index contributed by atoms with van der Waals surface area (Å²) in [5.41, 5.74) is 5.43. The third kappa shape index (κ3) is 9.40. The third-order valence-electron chi connectivity index (χ3n) is 8.79. The largest absolute Gasteiger partial charge is 0.480 e. The lowest BCUT2D eigenvalue weighted by atomic mass is 10.0. The van der Waals surface area contributed by atoms with Crippen LogP contribution in [0.2, 0.25) is 0 Å². The summed E-state index contributed by atoms with van der Waals surface area (Å²) in [6, 6.07) is 1.53. The van der Waals surface area contributed by atoms with Crippen LogP contribution < -0.4 is 38.2 Å². The molecule has 2 aromatic heterocycles. The number of aromatic nitrogens is 3. The van der Waals surface area contributed by atoms with E-state index in [9.17, 15) is 48.9 Å². The predicted octanol–water partition coefficient (Wildman–Crippen LogP) is -3.18. The van der Waals surface area contributed by atoms with Crippen molar-refractivity contribution >= 4 is 40.6 Å². The zero-order chi connectivity index (χ0) is 38.3. The number of nitrogens with two attached hydrogens (primary N) is 1. The Morgan fingerprint density at radius 2 is 1.77 bits per heavy atom. The molecule has 52 heavy (non-hydrogen) atoms. The van der Waals surface area contributed by atoms with Crippen LogP contribution in [0.5, 0.6) is 0 Å². The standard InChI is InChI=1S/C32H43N9O11/c1-15(40(3)24(45)12-33)25(27(46)35-14-18-11-22(43)29(52-18)41-9-8-23(44)37-32(41)51)38-28(47)26(16(2)42)39-31(50)36-21(30(48)49)10-17-13-34-20-7-5-4-6-19(17)20/h4-9,13,15-16,18,21-22,25-26,29,34,42-43H,10-12,14,33H2,1-3H3,(H,35,46)(H,38,47)(H,48,49)(H2,36,39,50)(H,37,44,51)/t15-,16+,18+,21-,22+,25-,26-,29+/m0/s1. The smallest absolute Gasteiger partial charge is 0.330 e. The van der Waals surface area contributed by atoms with Crippen molar-refractivity contribution in [2.75, 3.05) is 20.1 Å². The minimum Gasteiger partial charge on any atom is -0.480 e. The first-order chi connectivity index (χ1) is 24.6. The van der Waals surface area contributed by atoms with Crippen molar-refractivity contribution in [1.82, 2.24) is 40.7 Å². The minimum absolute atomic E-state index is 0.0184. The highest BCUT2D eigenvalue weighted by Crippen LogP contribution is 2.27. The average molecular weight is 730 g/mol. The first-order valence-electron chi connectivity index (χ1n) is 16.3. The molecule has 1 aliphatic heterocycles. The lowest BCUT2D eigenvalue weighted by Crippen LogP contribution is -2.63. The van der Waals surface area contributed by atoms with Crippen molar-refractivity contribution in [3.63, 3.8) is 0 Å². The number of benzene rings is 1. The number of rotatable bonds is 15. The van der Waals surface area contributed by atoms with E-state index < -0.39 is 96.2 Å². The van der Waals surface area contributed by atoms with E-state index in [0.717, 1.165) is 32.6 Å². The van der Waals surface area contributed by atoms with Gasteiger partial charge in [-0.05, 0) is 25.5 Å². The van der Waals surface area contributed by atoms with Gasteiger partial charge in [-0.2, -0.15) is 0 Å². The fraction of sp³-hybridized carbons (Fsp3) is 0.469. The highest BCUT2D eigenvalue weighted by atomic mass is 16.5. The number of nitrogens with one attached hydrogen (secondary N) is 6. The maximum atomic E-state index is 13.6. The maximum absolute atomic E-state index is 13.6. The zero-order valence-corrected chi connectivity index (χ0v) is 28.6. The van der Waals surface area contributed by atoms with Crippen molar-refractivity contribution in [2.45, 2.75) is 75.4 Å². The SMILES string of the molecule is C[C@@H](O)[C@H](NC(=O)N[C@@H](Cc1c[nH]c2ccccc12)C(=O)O)C(=O)N[C@H](C(=O)NC[C@H]1C[C@@H](O)[C@H](n2ccc(=O)[nH]c2=O)O1)[C@H](C)N(C)C(=O)CN. The van der Waals surface area contributed by atoms with Crippen LogP contribution in [-0.4, -0.2) is 127 Å². The van der Waals surface area contributed by atoms with Gasteiger partial charge >= 0.3 is 17.7 Å². The molecule has 0 bridgehead atoms. The molecule has 1 aromatic carbocycles. The molecule has 1 fully saturated rings. The molecule has 3 aromatic rings. The molecular formula is C32H43N9O11. The van der Waals surface area contributed by atoms with Crippen LogP contribution >= 0.6 is 0 Å². The number of carboxylic acid groups (broad SMARTS) is 1. The topological polar surface area (TPSA) is 303 Å². The van der Waals surface area contributed by atoms with Crippen LogP contribution in [0.4, 0.5) is 4.79 Å². The number of aliphatic hydroxyl groups excluding tert-OH is 2. The summed E-state index contributed by atoms with van der Waals surface area (Å²) in [6.45, 7) is 2.02. The van der Waals surface area contributed by atoms with Gasteiger partial charge in [0.2, 0.25) is 17.7 Å². The number of carbonyl (C=O) groups is 5. The van der Waals surface area contributed by atoms with E-state index in [1.54, 1.807) is 30.5 Å². The number of urea groups is 1. The molecule has 0 saturated carbocycles. The van der Waals surface area contributed by atoms with Crippen molar-refractivity contribution in [3.8, 4) is 0 Å². The summed E-state index contributed by atoms with van der Waals surface area (Å²) in [4.78, 5) is 94.4. The Morgan fingerprint density at radius 1 is 1.06 bits per heavy atom. The van der Waals surface area contributed by atoms with E-state index in [4.69, 9.17) is 10.5 Å². The number of aromatic amines is 2. The summed E-state index contributed by atoms with van der Waals surface area (Å²) >= 11 is 0. The van der Waals surface area contributed by atoms with Gasteiger partial charge in [0.05, 0.1) is 24.8 Å². The Hall–Kier alpha value is -5.57. The van der Waals surface area contributed by atoms with E-state index in [1.165, 1.54) is 20.9 Å². The number of aliphatic hydroxyl groups is 2. The molecule has 1 aliphatic rings. The fourth-order valence-corrected chi connectivity index (χ4v) is 5.77. The van der Waals surface area contributed by atoms with Crippen molar-refractivity contribution in [1.29, 1.82) is 0 Å². The number of hydrogen-bond donors (Lipinski definition) is 10. The summed E-state index contributed by atoms with van der Waals surface area (Å²) in [6.07, 6.45) is -2.05. The second-order valence-electron chi connectivity index (χ2n) is 12.4. The van der Waals surface area contributed by atoms with Gasteiger partial charge in [-0.25, -0.2) is 14.4 Å². The molecule has 282 valence electrons. The van der Waals surface area contributed by atoms with Crippen LogP contribution in [0.1, 0.15) is 32.1 Å². The molecule has 20 heteroatoms. The van der Waals surface area contributed by atoms with E-state index in [-0.39, 0.29) is 19.4 Å². The van der Waals surface area contributed by atoms with Crippen LogP contribution in [0.25, 0.3) is 10.9 Å². The van der Waals surface area contributed by atoms with E-state index in [2.05, 4.69) is 31.2 Å². The van der Waals surface area contributed by atoms with Gasteiger partial charge in [0.15, 0.2) is 6.23 Å². The van der Waals surface area contributed by atoms with Gasteiger partial charge in [0.25, 0.3) is 5.56 Å². The Morgan fingerprint density at radius 3 is 2.42 bits per heavy atom. The van der Waals surface area contributed by atoms with Crippen molar-refractivity contribution < 1.29 is 44.0 Å². The fourth-order valence-electron chi connectivity index (χ4n) is 5.77. The molecule has 0 radical (unpaired) electrons. The lowest BCUT2D eigenvalue weighted by Gasteiger charge is -2.33. The molecule has 0 spiro atoms. The normalized spacial score (nSPS) is 19.8. The molecule has 8 atom stereocenters. The number of fused-ring (bicyclic) bond motifs is 1. The molecule has 0 unspecified atom stereocenters. The summed E-state index contributed by atoms with van der Waals surface area (Å²) in [5, 5.41) is 41.2. The first kappa shape index (κ1) is 39.2. The number of aliphatic carboxylic acids is 1. The second-order valence-corrected chi connectivity index (χ2v) is 12.4. The summed E-state index contributed by atoms with van der Waals surface area (Å²) < 4.78 is 6.74. The predicted molar refractivity (Wildman–Crippen MR) is 183 cm³/mol. The number of amides is 5. The molecule has 0 aliphatic carbocycles. The zero-order valence-electron chi connectivity index (χ0n) is 28.6. The highest BCUT2D eigenvalue weighted by molar-refractivity contribution is 5.94. The Kier molecular flexibility index (Phi) is 12.9. The van der Waals surface area contributed by atoms with E-state index >= 15 is 0 Å². The number of carboxylic acids is 1. The van der Waals surface area contributed by atoms with Gasteiger partial charge in [0.1, 0.15) is 24.2 Å². The Balaban J connectivity index is 1.44. The maximum Gasteiger partial charge on any atom is 0.330 e. The number of para-hydroxylation sites is 1. The van der Waals surface area contributed by atoms with Gasteiger partial charge in [0, 0.05) is 55.8 Å².